The average molecular weight is 276 g/mol. The third-order valence-corrected chi connectivity index (χ3v) is 2.94. The van der Waals surface area contributed by atoms with E-state index in [9.17, 15) is 0 Å². The summed E-state index contributed by atoms with van der Waals surface area (Å²) in [5, 5.41) is 7.65. The molecule has 4 nitrogen and oxygen atoms in total. The highest BCUT2D eigenvalue weighted by molar-refractivity contribution is 9.10. The van der Waals surface area contributed by atoms with Crippen molar-refractivity contribution in [2.45, 2.75) is 19.4 Å². The number of aryl methyl sites for hydroxylation is 1. The van der Waals surface area contributed by atoms with Gasteiger partial charge in [0.25, 0.3) is 0 Å². The Morgan fingerprint density at radius 1 is 1.67 bits per heavy atom. The monoisotopic (exact) mass is 275 g/mol. The Morgan fingerprint density at radius 2 is 2.40 bits per heavy atom. The second-order valence-corrected chi connectivity index (χ2v) is 4.25. The lowest BCUT2D eigenvalue weighted by molar-refractivity contribution is 0.182. The highest BCUT2D eigenvalue weighted by Gasteiger charge is 2.17. The predicted octanol–water partition coefficient (Wildman–Crippen LogP) is 1.87. The van der Waals surface area contributed by atoms with Gasteiger partial charge >= 0.3 is 0 Å². The number of halogens is 1. The first-order valence-corrected chi connectivity index (χ1v) is 5.89. The summed E-state index contributed by atoms with van der Waals surface area (Å²) in [4.78, 5) is 0. The maximum Gasteiger partial charge on any atom is 0.0693 e. The van der Waals surface area contributed by atoms with E-state index in [1.165, 1.54) is 5.69 Å². The summed E-state index contributed by atoms with van der Waals surface area (Å²) in [5.41, 5.74) is 1.17. The molecule has 0 aromatic carbocycles. The molecule has 1 N–H and O–H groups in total. The maximum absolute atomic E-state index is 5.11. The predicted molar refractivity (Wildman–Crippen MR) is 63.8 cm³/mol. The molecule has 1 unspecified atom stereocenters. The summed E-state index contributed by atoms with van der Waals surface area (Å²) in [5.74, 6) is 0. The van der Waals surface area contributed by atoms with Gasteiger partial charge < -0.3 is 10.1 Å². The number of hydrogen-bond donors (Lipinski definition) is 1. The molecule has 15 heavy (non-hydrogen) atoms. The molecular formula is C10H18BrN3O. The summed E-state index contributed by atoms with van der Waals surface area (Å²) < 4.78 is 8.06. The van der Waals surface area contributed by atoms with E-state index in [0.717, 1.165) is 24.0 Å². The molecule has 1 heterocycles. The third-order valence-electron chi connectivity index (χ3n) is 2.33. The van der Waals surface area contributed by atoms with Gasteiger partial charge in [0, 0.05) is 20.8 Å². The van der Waals surface area contributed by atoms with Crippen LogP contribution in [0.15, 0.2) is 10.7 Å². The van der Waals surface area contributed by atoms with E-state index in [-0.39, 0.29) is 6.04 Å². The molecule has 1 aromatic heterocycles. The lowest BCUT2D eigenvalue weighted by Gasteiger charge is -2.18. The van der Waals surface area contributed by atoms with Gasteiger partial charge in [-0.1, -0.05) is 6.92 Å². The molecule has 0 amide bonds. The fourth-order valence-electron chi connectivity index (χ4n) is 1.63. The topological polar surface area (TPSA) is 39.1 Å². The number of rotatable bonds is 6. The fraction of sp³-hybridized carbons (Fsp3) is 0.700. The second-order valence-electron chi connectivity index (χ2n) is 3.39. The second kappa shape index (κ2) is 6.25. The minimum absolute atomic E-state index is 0.289. The minimum Gasteiger partial charge on any atom is -0.385 e. The molecule has 0 aliphatic carbocycles. The number of nitrogens with zero attached hydrogens (tertiary/aromatic N) is 2. The maximum atomic E-state index is 5.11. The van der Waals surface area contributed by atoms with Gasteiger partial charge in [0.15, 0.2) is 0 Å². The molecule has 0 radical (unpaired) electrons. The fourth-order valence-corrected chi connectivity index (χ4v) is 2.25. The van der Waals surface area contributed by atoms with Crippen molar-refractivity contribution in [2.75, 3.05) is 20.3 Å². The Kier molecular flexibility index (Phi) is 5.28. The zero-order valence-corrected chi connectivity index (χ0v) is 11.0. The lowest BCUT2D eigenvalue weighted by atomic mass is 10.1. The quantitative estimate of drug-likeness (QED) is 0.862. The van der Waals surface area contributed by atoms with Crippen LogP contribution in [-0.4, -0.2) is 30.0 Å². The Hall–Kier alpha value is -0.390. The van der Waals surface area contributed by atoms with Gasteiger partial charge in [-0.05, 0) is 28.9 Å². The normalized spacial score (nSPS) is 13.1. The van der Waals surface area contributed by atoms with Crippen molar-refractivity contribution in [3.63, 3.8) is 0 Å². The zero-order valence-electron chi connectivity index (χ0n) is 9.46. The lowest BCUT2D eigenvalue weighted by Crippen LogP contribution is -2.24. The van der Waals surface area contributed by atoms with Crippen LogP contribution in [0, 0.1) is 0 Å². The number of nitrogens with one attached hydrogen (secondary N) is 1. The highest BCUT2D eigenvalue weighted by atomic mass is 79.9. The molecule has 1 rings (SSSR count). The van der Waals surface area contributed by atoms with E-state index >= 15 is 0 Å². The molecule has 0 spiro atoms. The van der Waals surface area contributed by atoms with Crippen molar-refractivity contribution >= 4 is 15.9 Å². The molecule has 0 saturated heterocycles. The number of methoxy groups -OCH3 is 1. The number of ether oxygens (including phenoxy) is 1. The third kappa shape index (κ3) is 3.29. The molecule has 86 valence electrons. The Balaban J connectivity index is 2.78. The van der Waals surface area contributed by atoms with Crippen LogP contribution in [0.5, 0.6) is 0 Å². The van der Waals surface area contributed by atoms with Crippen LogP contribution in [0.3, 0.4) is 0 Å². The van der Waals surface area contributed by atoms with Crippen LogP contribution in [0.1, 0.15) is 25.1 Å². The van der Waals surface area contributed by atoms with Crippen molar-refractivity contribution in [1.82, 2.24) is 15.1 Å². The Bertz CT molecular complexity index is 281. The summed E-state index contributed by atoms with van der Waals surface area (Å²) in [7, 11) is 3.68. The summed E-state index contributed by atoms with van der Waals surface area (Å²) in [6.07, 6.45) is 2.77. The van der Waals surface area contributed by atoms with Gasteiger partial charge in [-0.2, -0.15) is 5.10 Å². The van der Waals surface area contributed by atoms with Gasteiger partial charge in [0.2, 0.25) is 0 Å². The molecule has 0 aliphatic heterocycles. The summed E-state index contributed by atoms with van der Waals surface area (Å²) in [6.45, 7) is 3.78. The van der Waals surface area contributed by atoms with Crippen molar-refractivity contribution < 1.29 is 4.74 Å². The first-order valence-electron chi connectivity index (χ1n) is 5.10. The standard InChI is InChI=1S/C10H18BrN3O/c1-4-12-9(5-6-15-3)10-8(11)7-13-14(10)2/h7,9,12H,4-6H2,1-3H3. The smallest absolute Gasteiger partial charge is 0.0693 e. The molecule has 5 heteroatoms. The molecular weight excluding hydrogens is 258 g/mol. The average Bonchev–Trinajstić information content (AvgIpc) is 2.54. The first kappa shape index (κ1) is 12.7. The van der Waals surface area contributed by atoms with E-state index in [1.807, 2.05) is 17.9 Å². The van der Waals surface area contributed by atoms with Gasteiger partial charge in [0.05, 0.1) is 22.4 Å². The molecule has 1 atom stereocenters. The minimum atomic E-state index is 0.289. The Labute approximate surface area is 99.1 Å². The molecule has 0 fully saturated rings. The van der Waals surface area contributed by atoms with Crippen LogP contribution in [0.25, 0.3) is 0 Å². The molecule has 0 bridgehead atoms. The van der Waals surface area contributed by atoms with Crippen LogP contribution in [0.2, 0.25) is 0 Å². The summed E-state index contributed by atoms with van der Waals surface area (Å²) in [6, 6.07) is 0.289. The van der Waals surface area contributed by atoms with Gasteiger partial charge in [-0.3, -0.25) is 4.68 Å². The zero-order chi connectivity index (χ0) is 11.3. The summed E-state index contributed by atoms with van der Waals surface area (Å²) >= 11 is 3.52. The van der Waals surface area contributed by atoms with E-state index in [2.05, 4.69) is 33.3 Å². The van der Waals surface area contributed by atoms with Crippen LogP contribution in [-0.2, 0) is 11.8 Å². The van der Waals surface area contributed by atoms with Crippen LogP contribution < -0.4 is 5.32 Å². The largest absolute Gasteiger partial charge is 0.385 e. The Morgan fingerprint density at radius 3 is 2.87 bits per heavy atom. The molecule has 0 aliphatic rings. The van der Waals surface area contributed by atoms with E-state index in [0.29, 0.717) is 0 Å². The van der Waals surface area contributed by atoms with Crippen molar-refractivity contribution in [3.8, 4) is 0 Å². The molecule has 1 aromatic rings. The van der Waals surface area contributed by atoms with Gasteiger partial charge in [-0.25, -0.2) is 0 Å². The van der Waals surface area contributed by atoms with Crippen LogP contribution >= 0.6 is 15.9 Å². The van der Waals surface area contributed by atoms with E-state index in [4.69, 9.17) is 4.74 Å². The van der Waals surface area contributed by atoms with Gasteiger partial charge in [0.1, 0.15) is 0 Å². The van der Waals surface area contributed by atoms with E-state index < -0.39 is 0 Å². The van der Waals surface area contributed by atoms with E-state index in [1.54, 1.807) is 7.11 Å². The first-order chi connectivity index (χ1) is 7.20. The number of aromatic nitrogens is 2. The van der Waals surface area contributed by atoms with Gasteiger partial charge in [-0.15, -0.1) is 0 Å². The van der Waals surface area contributed by atoms with Crippen LogP contribution in [0.4, 0.5) is 0 Å². The SMILES string of the molecule is CCNC(CCOC)c1c(Br)cnn1C. The van der Waals surface area contributed by atoms with Crippen molar-refractivity contribution in [3.05, 3.63) is 16.4 Å². The van der Waals surface area contributed by atoms with Crippen molar-refractivity contribution in [1.29, 1.82) is 0 Å². The highest BCUT2D eigenvalue weighted by Crippen LogP contribution is 2.24. The van der Waals surface area contributed by atoms with Crippen molar-refractivity contribution in [2.24, 2.45) is 7.05 Å². The molecule has 0 saturated carbocycles. The number of hydrogen-bond acceptors (Lipinski definition) is 3.